The highest BCUT2D eigenvalue weighted by atomic mass is 32.1. The highest BCUT2D eigenvalue weighted by Gasteiger charge is 1.86. The Morgan fingerprint density at radius 2 is 2.36 bits per heavy atom. The Labute approximate surface area is 72.6 Å². The minimum atomic E-state index is 0.760. The van der Waals surface area contributed by atoms with E-state index in [9.17, 15) is 0 Å². The number of thiol groups is 1. The van der Waals surface area contributed by atoms with Crippen LogP contribution in [0.25, 0.3) is 6.08 Å². The minimum Gasteiger partial charge on any atom is -0.254 e. The first-order valence-electron chi connectivity index (χ1n) is 3.54. The third-order valence-electron chi connectivity index (χ3n) is 1.30. The molecular formula is C9H11NS. The maximum atomic E-state index is 4.29. The fourth-order valence-electron chi connectivity index (χ4n) is 0.830. The van der Waals surface area contributed by atoms with Crippen LogP contribution in [0.3, 0.4) is 0 Å². The number of aromatic nitrogens is 1. The summed E-state index contributed by atoms with van der Waals surface area (Å²) in [4.78, 5) is 4.29. The molecule has 0 spiro atoms. The van der Waals surface area contributed by atoms with Crippen LogP contribution in [0.1, 0.15) is 11.4 Å². The molecule has 1 nitrogen and oxygen atoms in total. The summed E-state index contributed by atoms with van der Waals surface area (Å²) in [7, 11) is 0. The molecule has 0 aliphatic heterocycles. The van der Waals surface area contributed by atoms with Gasteiger partial charge in [0.05, 0.1) is 5.69 Å². The van der Waals surface area contributed by atoms with Crippen LogP contribution in [0.15, 0.2) is 24.3 Å². The molecule has 1 aromatic rings. The topological polar surface area (TPSA) is 12.9 Å². The second kappa shape index (κ2) is 4.19. The van der Waals surface area contributed by atoms with Crippen molar-refractivity contribution >= 4 is 18.7 Å². The first-order valence-corrected chi connectivity index (χ1v) is 4.17. The van der Waals surface area contributed by atoms with Gasteiger partial charge in [0.25, 0.3) is 0 Å². The molecule has 2 heteroatoms. The lowest BCUT2D eigenvalue weighted by atomic mass is 10.3. The van der Waals surface area contributed by atoms with Crippen molar-refractivity contribution in [1.82, 2.24) is 4.98 Å². The molecule has 0 fully saturated rings. The zero-order valence-electron chi connectivity index (χ0n) is 6.49. The van der Waals surface area contributed by atoms with Crippen LogP contribution in [-0.4, -0.2) is 10.7 Å². The quantitative estimate of drug-likeness (QED) is 0.664. The molecule has 0 saturated heterocycles. The Morgan fingerprint density at radius 1 is 1.55 bits per heavy atom. The molecule has 0 aliphatic rings. The predicted molar refractivity (Wildman–Crippen MR) is 51.9 cm³/mol. The molecule has 0 atom stereocenters. The van der Waals surface area contributed by atoms with E-state index in [2.05, 4.69) is 17.6 Å². The molecule has 1 heterocycles. The van der Waals surface area contributed by atoms with Crippen molar-refractivity contribution in [2.24, 2.45) is 0 Å². The summed E-state index contributed by atoms with van der Waals surface area (Å²) in [6.07, 6.45) is 3.95. The van der Waals surface area contributed by atoms with Gasteiger partial charge in [-0.1, -0.05) is 12.1 Å². The Morgan fingerprint density at radius 3 is 3.00 bits per heavy atom. The highest BCUT2D eigenvalue weighted by Crippen LogP contribution is 1.99. The highest BCUT2D eigenvalue weighted by molar-refractivity contribution is 7.80. The Bertz CT molecular complexity index is 255. The standard InChI is InChI=1S/C9H11NS/c1-8-4-2-5-9(10-8)6-3-7-11/h2-6,11H,7H2,1H3. The van der Waals surface area contributed by atoms with E-state index in [0.717, 1.165) is 17.1 Å². The van der Waals surface area contributed by atoms with Crippen LogP contribution in [0.5, 0.6) is 0 Å². The molecule has 1 rings (SSSR count). The Balaban J connectivity index is 2.79. The second-order valence-electron chi connectivity index (χ2n) is 2.29. The Kier molecular flexibility index (Phi) is 3.17. The summed E-state index contributed by atoms with van der Waals surface area (Å²) >= 11 is 4.06. The number of aryl methyl sites for hydroxylation is 1. The van der Waals surface area contributed by atoms with E-state index < -0.39 is 0 Å². The van der Waals surface area contributed by atoms with Gasteiger partial charge in [-0.25, -0.2) is 0 Å². The van der Waals surface area contributed by atoms with Gasteiger partial charge in [0.15, 0.2) is 0 Å². The summed E-state index contributed by atoms with van der Waals surface area (Å²) < 4.78 is 0. The lowest BCUT2D eigenvalue weighted by Crippen LogP contribution is -1.82. The Hall–Kier alpha value is -0.760. The van der Waals surface area contributed by atoms with Crippen molar-refractivity contribution in [3.8, 4) is 0 Å². The van der Waals surface area contributed by atoms with E-state index in [1.54, 1.807) is 0 Å². The first kappa shape index (κ1) is 8.34. The van der Waals surface area contributed by atoms with E-state index >= 15 is 0 Å². The van der Waals surface area contributed by atoms with E-state index in [4.69, 9.17) is 0 Å². The van der Waals surface area contributed by atoms with Gasteiger partial charge >= 0.3 is 0 Å². The monoisotopic (exact) mass is 165 g/mol. The molecule has 11 heavy (non-hydrogen) atoms. The van der Waals surface area contributed by atoms with E-state index in [1.807, 2.05) is 37.3 Å². The number of rotatable bonds is 2. The molecule has 0 bridgehead atoms. The molecule has 0 unspecified atom stereocenters. The second-order valence-corrected chi connectivity index (χ2v) is 2.65. The van der Waals surface area contributed by atoms with E-state index in [0.29, 0.717) is 0 Å². The summed E-state index contributed by atoms with van der Waals surface area (Å²) in [6, 6.07) is 5.96. The van der Waals surface area contributed by atoms with Crippen molar-refractivity contribution in [3.63, 3.8) is 0 Å². The van der Waals surface area contributed by atoms with Crippen LogP contribution in [0, 0.1) is 6.92 Å². The van der Waals surface area contributed by atoms with Crippen molar-refractivity contribution in [1.29, 1.82) is 0 Å². The van der Waals surface area contributed by atoms with Gasteiger partial charge in [-0.2, -0.15) is 12.6 Å². The van der Waals surface area contributed by atoms with Gasteiger partial charge in [0, 0.05) is 11.4 Å². The molecule has 0 amide bonds. The van der Waals surface area contributed by atoms with Crippen LogP contribution in [0.4, 0.5) is 0 Å². The van der Waals surface area contributed by atoms with Gasteiger partial charge in [-0.3, -0.25) is 4.98 Å². The summed E-state index contributed by atoms with van der Waals surface area (Å²) in [6.45, 7) is 1.98. The van der Waals surface area contributed by atoms with Crippen molar-refractivity contribution in [2.75, 3.05) is 5.75 Å². The zero-order valence-corrected chi connectivity index (χ0v) is 7.38. The van der Waals surface area contributed by atoms with Crippen LogP contribution >= 0.6 is 12.6 Å². The lowest BCUT2D eigenvalue weighted by molar-refractivity contribution is 1.18. The third-order valence-corrected chi connectivity index (χ3v) is 1.51. The van der Waals surface area contributed by atoms with Crippen molar-refractivity contribution < 1.29 is 0 Å². The van der Waals surface area contributed by atoms with Crippen molar-refractivity contribution in [2.45, 2.75) is 6.92 Å². The first-order chi connectivity index (χ1) is 5.33. The maximum Gasteiger partial charge on any atom is 0.0629 e. The van der Waals surface area contributed by atoms with Gasteiger partial charge in [0.1, 0.15) is 0 Å². The molecule has 0 aromatic carbocycles. The number of hydrogen-bond donors (Lipinski definition) is 1. The molecule has 0 radical (unpaired) electrons. The summed E-state index contributed by atoms with van der Waals surface area (Å²) in [5.41, 5.74) is 2.05. The van der Waals surface area contributed by atoms with Gasteiger partial charge in [-0.05, 0) is 25.1 Å². The lowest BCUT2D eigenvalue weighted by Gasteiger charge is -1.93. The zero-order chi connectivity index (χ0) is 8.10. The molecule has 1 aromatic heterocycles. The van der Waals surface area contributed by atoms with Gasteiger partial charge in [-0.15, -0.1) is 0 Å². The number of hydrogen-bond acceptors (Lipinski definition) is 2. The fourth-order valence-corrected chi connectivity index (χ4v) is 0.936. The normalized spacial score (nSPS) is 10.7. The molecule has 0 aliphatic carbocycles. The van der Waals surface area contributed by atoms with Crippen LogP contribution in [-0.2, 0) is 0 Å². The van der Waals surface area contributed by atoms with Gasteiger partial charge < -0.3 is 0 Å². The van der Waals surface area contributed by atoms with E-state index in [1.165, 1.54) is 0 Å². The largest absolute Gasteiger partial charge is 0.254 e. The molecule has 58 valence electrons. The smallest absolute Gasteiger partial charge is 0.0629 e. The van der Waals surface area contributed by atoms with E-state index in [-0.39, 0.29) is 0 Å². The summed E-state index contributed by atoms with van der Waals surface area (Å²) in [5.74, 6) is 0.760. The van der Waals surface area contributed by atoms with Crippen molar-refractivity contribution in [3.05, 3.63) is 35.7 Å². The average Bonchev–Trinajstić information content (AvgIpc) is 2.01. The minimum absolute atomic E-state index is 0.760. The number of nitrogens with zero attached hydrogens (tertiary/aromatic N) is 1. The fraction of sp³-hybridized carbons (Fsp3) is 0.222. The molecular weight excluding hydrogens is 154 g/mol. The molecule has 0 saturated carbocycles. The predicted octanol–water partition coefficient (Wildman–Crippen LogP) is 2.33. The van der Waals surface area contributed by atoms with Crippen LogP contribution in [0.2, 0.25) is 0 Å². The van der Waals surface area contributed by atoms with Crippen LogP contribution < -0.4 is 0 Å². The molecule has 0 N–H and O–H groups in total. The summed E-state index contributed by atoms with van der Waals surface area (Å²) in [5, 5.41) is 0. The average molecular weight is 165 g/mol. The SMILES string of the molecule is Cc1cccc(C=CCS)n1. The maximum absolute atomic E-state index is 4.29. The third kappa shape index (κ3) is 2.76. The van der Waals surface area contributed by atoms with Gasteiger partial charge in [0.2, 0.25) is 0 Å². The number of pyridine rings is 1.